The first kappa shape index (κ1) is 14.0. The lowest BCUT2D eigenvalue weighted by atomic mass is 10.2. The van der Waals surface area contributed by atoms with Gasteiger partial charge in [0.15, 0.2) is 0 Å². The fraction of sp³-hybridized carbons (Fsp3) is 0.385. The lowest BCUT2D eigenvalue weighted by molar-refractivity contribution is 0.538. The average molecular weight is 283 g/mol. The topological polar surface area (TPSA) is 42.7 Å². The van der Waals surface area contributed by atoms with Crippen LogP contribution in [0.4, 0.5) is 4.39 Å². The summed E-state index contributed by atoms with van der Waals surface area (Å²) in [5, 5.41) is 11.4. The van der Waals surface area contributed by atoms with Crippen molar-refractivity contribution in [3.8, 4) is 5.69 Å². The van der Waals surface area contributed by atoms with Crippen molar-refractivity contribution in [3.05, 3.63) is 40.9 Å². The third-order valence-electron chi connectivity index (χ3n) is 2.62. The average Bonchev–Trinajstić information content (AvgIpc) is 2.77. The Labute approximate surface area is 116 Å². The van der Waals surface area contributed by atoms with Crippen LogP contribution < -0.4 is 5.32 Å². The predicted molar refractivity (Wildman–Crippen MR) is 72.9 cm³/mol. The Bertz CT molecular complexity index is 553. The zero-order valence-corrected chi connectivity index (χ0v) is 11.7. The summed E-state index contributed by atoms with van der Waals surface area (Å²) in [6, 6.07) is 4.50. The van der Waals surface area contributed by atoms with Crippen molar-refractivity contribution in [1.29, 1.82) is 0 Å². The maximum Gasteiger partial charge on any atom is 0.150 e. The molecule has 0 aliphatic heterocycles. The molecule has 1 aromatic heterocycles. The van der Waals surface area contributed by atoms with E-state index in [2.05, 4.69) is 29.5 Å². The van der Waals surface area contributed by atoms with Gasteiger partial charge in [0.05, 0.1) is 11.9 Å². The smallest absolute Gasteiger partial charge is 0.150 e. The fourth-order valence-electron chi connectivity index (χ4n) is 1.72. The molecule has 4 nitrogen and oxygen atoms in total. The Morgan fingerprint density at radius 3 is 2.89 bits per heavy atom. The summed E-state index contributed by atoms with van der Waals surface area (Å²) in [4.78, 5) is 0. The van der Waals surface area contributed by atoms with Gasteiger partial charge in [-0.15, -0.1) is 5.10 Å². The van der Waals surface area contributed by atoms with Crippen LogP contribution in [0.3, 0.4) is 0 Å². The second-order valence-corrected chi connectivity index (χ2v) is 5.19. The van der Waals surface area contributed by atoms with Gasteiger partial charge in [0.25, 0.3) is 0 Å². The van der Waals surface area contributed by atoms with Gasteiger partial charge in [-0.05, 0) is 30.7 Å². The van der Waals surface area contributed by atoms with Crippen LogP contribution in [0.25, 0.3) is 5.69 Å². The molecule has 0 atom stereocenters. The van der Waals surface area contributed by atoms with Gasteiger partial charge in [0.1, 0.15) is 11.5 Å². The minimum absolute atomic E-state index is 0.350. The summed E-state index contributed by atoms with van der Waals surface area (Å²) in [5.41, 5.74) is 1.16. The molecule has 1 aromatic carbocycles. The third kappa shape index (κ3) is 3.52. The maximum atomic E-state index is 13.9. The van der Waals surface area contributed by atoms with E-state index in [1.54, 1.807) is 18.3 Å². The van der Waals surface area contributed by atoms with Crippen LogP contribution >= 0.6 is 11.6 Å². The molecule has 1 N–H and O–H groups in total. The van der Waals surface area contributed by atoms with E-state index in [4.69, 9.17) is 11.6 Å². The molecule has 2 aromatic rings. The Hall–Kier alpha value is -1.46. The molecule has 0 bridgehead atoms. The third-order valence-corrected chi connectivity index (χ3v) is 2.85. The summed E-state index contributed by atoms with van der Waals surface area (Å²) in [5.74, 6) is 0.139. The monoisotopic (exact) mass is 282 g/mol. The first-order chi connectivity index (χ1) is 9.08. The molecule has 0 spiro atoms. The van der Waals surface area contributed by atoms with Crippen LogP contribution in [-0.2, 0) is 6.54 Å². The van der Waals surface area contributed by atoms with Gasteiger partial charge in [-0.1, -0.05) is 30.7 Å². The van der Waals surface area contributed by atoms with E-state index < -0.39 is 5.82 Å². The number of hydrogen-bond donors (Lipinski definition) is 1. The summed E-state index contributed by atoms with van der Waals surface area (Å²) < 4.78 is 15.3. The zero-order chi connectivity index (χ0) is 13.8. The normalized spacial score (nSPS) is 11.2. The van der Waals surface area contributed by atoms with Gasteiger partial charge < -0.3 is 5.32 Å². The standard InChI is InChI=1S/C13H16ClFN4/c1-9(2)6-16-7-11-8-17-18-19(11)13-4-3-10(14)5-12(13)15/h3-5,8-9,16H,6-7H2,1-2H3. The lowest BCUT2D eigenvalue weighted by Gasteiger charge is -2.09. The molecular weight excluding hydrogens is 267 g/mol. The molecule has 0 saturated carbocycles. The van der Waals surface area contributed by atoms with Gasteiger partial charge in [-0.3, -0.25) is 0 Å². The quantitative estimate of drug-likeness (QED) is 0.917. The molecule has 0 saturated heterocycles. The molecule has 0 aliphatic carbocycles. The van der Waals surface area contributed by atoms with Crippen LogP contribution in [0.2, 0.25) is 5.02 Å². The summed E-state index contributed by atoms with van der Waals surface area (Å²) in [6.07, 6.45) is 1.63. The van der Waals surface area contributed by atoms with Crippen LogP contribution in [-0.4, -0.2) is 21.5 Å². The Morgan fingerprint density at radius 1 is 1.42 bits per heavy atom. The van der Waals surface area contributed by atoms with E-state index in [9.17, 15) is 4.39 Å². The fourth-order valence-corrected chi connectivity index (χ4v) is 1.88. The predicted octanol–water partition coefficient (Wildman–Crippen LogP) is 2.81. The van der Waals surface area contributed by atoms with Crippen molar-refractivity contribution in [2.24, 2.45) is 5.92 Å². The minimum atomic E-state index is -0.414. The van der Waals surface area contributed by atoms with Crippen molar-refractivity contribution in [2.45, 2.75) is 20.4 Å². The number of benzene rings is 1. The molecule has 0 fully saturated rings. The van der Waals surface area contributed by atoms with Crippen LogP contribution in [0.15, 0.2) is 24.4 Å². The largest absolute Gasteiger partial charge is 0.311 e. The van der Waals surface area contributed by atoms with Gasteiger partial charge >= 0.3 is 0 Å². The Kier molecular flexibility index (Phi) is 4.50. The highest BCUT2D eigenvalue weighted by molar-refractivity contribution is 6.30. The van der Waals surface area contributed by atoms with Crippen molar-refractivity contribution in [1.82, 2.24) is 20.3 Å². The van der Waals surface area contributed by atoms with Gasteiger partial charge in [-0.2, -0.15) is 0 Å². The first-order valence-electron chi connectivity index (χ1n) is 6.13. The van der Waals surface area contributed by atoms with Crippen molar-refractivity contribution < 1.29 is 4.39 Å². The van der Waals surface area contributed by atoms with E-state index in [0.29, 0.717) is 23.2 Å². The van der Waals surface area contributed by atoms with Gasteiger partial charge in [0, 0.05) is 11.6 Å². The van der Waals surface area contributed by atoms with Crippen molar-refractivity contribution >= 4 is 11.6 Å². The SMILES string of the molecule is CC(C)CNCc1cnnn1-c1ccc(Cl)cc1F. The van der Waals surface area contributed by atoms with E-state index in [1.165, 1.54) is 10.7 Å². The molecule has 19 heavy (non-hydrogen) atoms. The highest BCUT2D eigenvalue weighted by Crippen LogP contribution is 2.18. The van der Waals surface area contributed by atoms with Crippen molar-refractivity contribution in [3.63, 3.8) is 0 Å². The first-order valence-corrected chi connectivity index (χ1v) is 6.51. The summed E-state index contributed by atoms with van der Waals surface area (Å²) in [7, 11) is 0. The van der Waals surface area contributed by atoms with Gasteiger partial charge in [-0.25, -0.2) is 9.07 Å². The number of hydrogen-bond acceptors (Lipinski definition) is 3. The maximum absolute atomic E-state index is 13.9. The highest BCUT2D eigenvalue weighted by atomic mass is 35.5. The molecule has 0 unspecified atom stereocenters. The van der Waals surface area contributed by atoms with E-state index in [-0.39, 0.29) is 0 Å². The molecule has 0 aliphatic rings. The van der Waals surface area contributed by atoms with E-state index in [1.807, 2.05) is 0 Å². The van der Waals surface area contributed by atoms with Gasteiger partial charge in [0.2, 0.25) is 0 Å². The van der Waals surface area contributed by atoms with Crippen molar-refractivity contribution in [2.75, 3.05) is 6.54 Å². The van der Waals surface area contributed by atoms with Crippen LogP contribution in [0, 0.1) is 11.7 Å². The Balaban J connectivity index is 2.19. The summed E-state index contributed by atoms with van der Waals surface area (Å²) >= 11 is 5.74. The molecule has 6 heteroatoms. The molecule has 0 amide bonds. The highest BCUT2D eigenvalue weighted by Gasteiger charge is 2.11. The molecule has 1 heterocycles. The zero-order valence-electron chi connectivity index (χ0n) is 10.9. The number of rotatable bonds is 5. The summed E-state index contributed by atoms with van der Waals surface area (Å²) in [6.45, 7) is 5.73. The molecular formula is C13H16ClFN4. The molecule has 2 rings (SSSR count). The number of halogens is 2. The lowest BCUT2D eigenvalue weighted by Crippen LogP contribution is -2.21. The Morgan fingerprint density at radius 2 is 2.21 bits per heavy atom. The second kappa shape index (κ2) is 6.12. The number of nitrogens with one attached hydrogen (secondary N) is 1. The van der Waals surface area contributed by atoms with Crippen LogP contribution in [0.5, 0.6) is 0 Å². The minimum Gasteiger partial charge on any atom is -0.311 e. The van der Waals surface area contributed by atoms with E-state index in [0.717, 1.165) is 12.2 Å². The number of aromatic nitrogens is 3. The molecule has 102 valence electrons. The number of nitrogens with zero attached hydrogens (tertiary/aromatic N) is 3. The second-order valence-electron chi connectivity index (χ2n) is 4.76. The van der Waals surface area contributed by atoms with E-state index >= 15 is 0 Å². The molecule has 0 radical (unpaired) electrons. The van der Waals surface area contributed by atoms with Crippen LogP contribution in [0.1, 0.15) is 19.5 Å².